The summed E-state index contributed by atoms with van der Waals surface area (Å²) in [7, 11) is 0. The molecule has 1 N–H and O–H groups in total. The fraction of sp³-hybridized carbons (Fsp3) is 1.00. The zero-order valence-corrected chi connectivity index (χ0v) is 13.5. The summed E-state index contributed by atoms with van der Waals surface area (Å²) in [6, 6.07) is 0. The Bertz CT molecular complexity index is 211. The molecule has 0 saturated heterocycles. The van der Waals surface area contributed by atoms with Gasteiger partial charge in [0.1, 0.15) is 0 Å². The van der Waals surface area contributed by atoms with Crippen LogP contribution in [0.4, 0.5) is 0 Å². The summed E-state index contributed by atoms with van der Waals surface area (Å²) < 4.78 is 6.42. The molecule has 0 aromatic rings. The third kappa shape index (κ3) is 6.27. The van der Waals surface area contributed by atoms with Crippen LogP contribution in [0.1, 0.15) is 78.6 Å². The molecule has 1 aliphatic carbocycles. The van der Waals surface area contributed by atoms with Gasteiger partial charge in [0.15, 0.2) is 0 Å². The molecule has 0 aliphatic heterocycles. The van der Waals surface area contributed by atoms with Gasteiger partial charge in [-0.2, -0.15) is 0 Å². The zero-order valence-electron chi connectivity index (χ0n) is 13.5. The number of unbranched alkanes of at least 4 members (excludes halogenated alkanes) is 1. The fourth-order valence-corrected chi connectivity index (χ4v) is 3.08. The van der Waals surface area contributed by atoms with Crippen molar-refractivity contribution in [2.75, 3.05) is 19.7 Å². The lowest BCUT2D eigenvalue weighted by Crippen LogP contribution is -2.42. The molecular formula is C17H35NO. The average Bonchev–Trinajstić information content (AvgIpc) is 2.89. The average molecular weight is 269 g/mol. The molecule has 2 nitrogen and oxygen atoms in total. The van der Waals surface area contributed by atoms with E-state index in [9.17, 15) is 0 Å². The van der Waals surface area contributed by atoms with E-state index >= 15 is 0 Å². The Hall–Kier alpha value is -0.0800. The first-order valence-electron chi connectivity index (χ1n) is 8.61. The topological polar surface area (TPSA) is 21.3 Å². The van der Waals surface area contributed by atoms with Crippen molar-refractivity contribution < 1.29 is 4.74 Å². The minimum absolute atomic E-state index is 0.162. The van der Waals surface area contributed by atoms with E-state index in [1.54, 1.807) is 0 Å². The van der Waals surface area contributed by atoms with Gasteiger partial charge >= 0.3 is 0 Å². The molecule has 1 atom stereocenters. The third-order valence-electron chi connectivity index (χ3n) is 4.56. The van der Waals surface area contributed by atoms with Crippen molar-refractivity contribution in [1.82, 2.24) is 5.32 Å². The standard InChI is InChI=1S/C17H35NO/c1-4-7-10-16(6-3)14-19-17(11-8-9-12-17)15-18-13-5-2/h16,18H,4-15H2,1-3H3. The van der Waals surface area contributed by atoms with E-state index in [1.165, 1.54) is 57.8 Å². The summed E-state index contributed by atoms with van der Waals surface area (Å²) >= 11 is 0. The van der Waals surface area contributed by atoms with Gasteiger partial charge in [0.2, 0.25) is 0 Å². The van der Waals surface area contributed by atoms with Gasteiger partial charge in [0.05, 0.1) is 12.2 Å². The van der Waals surface area contributed by atoms with Gasteiger partial charge in [-0.1, -0.05) is 52.9 Å². The van der Waals surface area contributed by atoms with Crippen LogP contribution in [-0.4, -0.2) is 25.3 Å². The Balaban J connectivity index is 2.35. The fourth-order valence-electron chi connectivity index (χ4n) is 3.08. The summed E-state index contributed by atoms with van der Waals surface area (Å²) in [6.45, 7) is 9.97. The largest absolute Gasteiger partial charge is 0.373 e. The molecule has 1 aliphatic rings. The van der Waals surface area contributed by atoms with E-state index in [0.717, 1.165) is 25.6 Å². The molecule has 0 heterocycles. The molecule has 1 fully saturated rings. The minimum atomic E-state index is 0.162. The number of hydrogen-bond acceptors (Lipinski definition) is 2. The Morgan fingerprint density at radius 1 is 1.11 bits per heavy atom. The molecule has 19 heavy (non-hydrogen) atoms. The van der Waals surface area contributed by atoms with E-state index in [4.69, 9.17) is 4.74 Å². The molecule has 2 heteroatoms. The van der Waals surface area contributed by atoms with Crippen molar-refractivity contribution in [3.05, 3.63) is 0 Å². The van der Waals surface area contributed by atoms with Crippen molar-refractivity contribution in [2.24, 2.45) is 5.92 Å². The molecule has 0 aromatic carbocycles. The summed E-state index contributed by atoms with van der Waals surface area (Å²) in [6.07, 6.45) is 11.7. The predicted molar refractivity (Wildman–Crippen MR) is 83.6 cm³/mol. The lowest BCUT2D eigenvalue weighted by Gasteiger charge is -2.32. The number of nitrogens with one attached hydrogen (secondary N) is 1. The Morgan fingerprint density at radius 3 is 2.42 bits per heavy atom. The normalized spacial score (nSPS) is 19.7. The SMILES string of the molecule is CCCCC(CC)COC1(CNCCC)CCCC1. The molecule has 0 bridgehead atoms. The summed E-state index contributed by atoms with van der Waals surface area (Å²) in [5.41, 5.74) is 0.162. The second-order valence-electron chi connectivity index (χ2n) is 6.29. The van der Waals surface area contributed by atoms with Gasteiger partial charge in [-0.15, -0.1) is 0 Å². The van der Waals surface area contributed by atoms with Gasteiger partial charge < -0.3 is 10.1 Å². The maximum Gasteiger partial charge on any atom is 0.0806 e. The lowest BCUT2D eigenvalue weighted by atomic mass is 9.98. The highest BCUT2D eigenvalue weighted by atomic mass is 16.5. The molecular weight excluding hydrogens is 234 g/mol. The molecule has 0 spiro atoms. The second kappa shape index (κ2) is 9.77. The summed E-state index contributed by atoms with van der Waals surface area (Å²) in [5.74, 6) is 0.767. The Kier molecular flexibility index (Phi) is 8.72. The first-order chi connectivity index (χ1) is 9.26. The first-order valence-corrected chi connectivity index (χ1v) is 8.61. The second-order valence-corrected chi connectivity index (χ2v) is 6.29. The smallest absolute Gasteiger partial charge is 0.0806 e. The van der Waals surface area contributed by atoms with Crippen molar-refractivity contribution >= 4 is 0 Å². The maximum atomic E-state index is 6.42. The van der Waals surface area contributed by atoms with Crippen LogP contribution in [0.2, 0.25) is 0 Å². The van der Waals surface area contributed by atoms with Gasteiger partial charge in [-0.05, 0) is 38.1 Å². The molecule has 1 rings (SSSR count). The maximum absolute atomic E-state index is 6.42. The van der Waals surface area contributed by atoms with E-state index in [0.29, 0.717) is 0 Å². The lowest BCUT2D eigenvalue weighted by molar-refractivity contribution is -0.0566. The molecule has 0 aromatic heterocycles. The minimum Gasteiger partial charge on any atom is -0.373 e. The number of hydrogen-bond donors (Lipinski definition) is 1. The van der Waals surface area contributed by atoms with E-state index < -0.39 is 0 Å². The molecule has 1 saturated carbocycles. The van der Waals surface area contributed by atoms with Crippen molar-refractivity contribution in [1.29, 1.82) is 0 Å². The summed E-state index contributed by atoms with van der Waals surface area (Å²) in [4.78, 5) is 0. The molecule has 0 radical (unpaired) electrons. The van der Waals surface area contributed by atoms with Crippen LogP contribution in [0.5, 0.6) is 0 Å². The van der Waals surface area contributed by atoms with E-state index in [-0.39, 0.29) is 5.60 Å². The molecule has 114 valence electrons. The zero-order chi connectivity index (χ0) is 14.0. The number of ether oxygens (including phenoxy) is 1. The predicted octanol–water partition coefficient (Wildman–Crippen LogP) is 4.53. The van der Waals surface area contributed by atoms with Crippen LogP contribution < -0.4 is 5.32 Å². The van der Waals surface area contributed by atoms with Gasteiger partial charge in [0.25, 0.3) is 0 Å². The third-order valence-corrected chi connectivity index (χ3v) is 4.56. The Labute approximate surface area is 120 Å². The monoisotopic (exact) mass is 269 g/mol. The van der Waals surface area contributed by atoms with Crippen LogP contribution >= 0.6 is 0 Å². The summed E-state index contributed by atoms with van der Waals surface area (Å²) in [5, 5.41) is 3.58. The van der Waals surface area contributed by atoms with E-state index in [2.05, 4.69) is 26.1 Å². The van der Waals surface area contributed by atoms with E-state index in [1.807, 2.05) is 0 Å². The van der Waals surface area contributed by atoms with Crippen molar-refractivity contribution in [3.8, 4) is 0 Å². The van der Waals surface area contributed by atoms with Crippen LogP contribution in [0.15, 0.2) is 0 Å². The van der Waals surface area contributed by atoms with Gasteiger partial charge in [-0.3, -0.25) is 0 Å². The molecule has 0 amide bonds. The number of rotatable bonds is 11. The Morgan fingerprint density at radius 2 is 1.84 bits per heavy atom. The quantitative estimate of drug-likeness (QED) is 0.556. The van der Waals surface area contributed by atoms with Crippen LogP contribution in [-0.2, 0) is 4.74 Å². The highest BCUT2D eigenvalue weighted by Gasteiger charge is 2.34. The van der Waals surface area contributed by atoms with Crippen LogP contribution in [0.25, 0.3) is 0 Å². The van der Waals surface area contributed by atoms with Crippen LogP contribution in [0, 0.1) is 5.92 Å². The van der Waals surface area contributed by atoms with Crippen LogP contribution in [0.3, 0.4) is 0 Å². The van der Waals surface area contributed by atoms with Gasteiger partial charge in [-0.25, -0.2) is 0 Å². The van der Waals surface area contributed by atoms with Gasteiger partial charge in [0, 0.05) is 6.54 Å². The highest BCUT2D eigenvalue weighted by molar-refractivity contribution is 4.88. The van der Waals surface area contributed by atoms with Crippen molar-refractivity contribution in [3.63, 3.8) is 0 Å². The first kappa shape index (κ1) is 17.0. The molecule has 1 unspecified atom stereocenters. The van der Waals surface area contributed by atoms with Crippen molar-refractivity contribution in [2.45, 2.75) is 84.2 Å². The highest BCUT2D eigenvalue weighted by Crippen LogP contribution is 2.33.